The van der Waals surface area contributed by atoms with Crippen LogP contribution in [0.3, 0.4) is 0 Å². The molecule has 0 atom stereocenters. The van der Waals surface area contributed by atoms with E-state index in [4.69, 9.17) is 14.7 Å². The van der Waals surface area contributed by atoms with Crippen molar-refractivity contribution in [3.05, 3.63) is 89.1 Å². The maximum atomic E-state index is 14.4. The average Bonchev–Trinajstić information content (AvgIpc) is 3.57. The lowest BCUT2D eigenvalue weighted by Gasteiger charge is -2.37. The van der Waals surface area contributed by atoms with Gasteiger partial charge in [-0.3, -0.25) is 9.62 Å². The van der Waals surface area contributed by atoms with Crippen LogP contribution in [0.1, 0.15) is 30.3 Å². The fraction of sp³-hybridized carbons (Fsp3) is 0.324. The molecule has 2 aromatic heterocycles. The molecule has 3 aromatic carbocycles. The third kappa shape index (κ3) is 8.80. The lowest BCUT2D eigenvalue weighted by atomic mass is 10.1. The molecule has 0 bridgehead atoms. The van der Waals surface area contributed by atoms with Gasteiger partial charge in [0.25, 0.3) is 10.0 Å². The molecule has 1 aliphatic heterocycles. The van der Waals surface area contributed by atoms with Gasteiger partial charge in [-0.05, 0) is 49.4 Å². The number of anilines is 4. The van der Waals surface area contributed by atoms with Crippen LogP contribution in [0.15, 0.2) is 71.8 Å². The molecule has 0 spiro atoms. The van der Waals surface area contributed by atoms with Crippen LogP contribution in [0.4, 0.5) is 31.8 Å². The van der Waals surface area contributed by atoms with E-state index in [0.29, 0.717) is 40.9 Å². The van der Waals surface area contributed by atoms with Crippen LogP contribution in [0, 0.1) is 18.6 Å². The van der Waals surface area contributed by atoms with Crippen LogP contribution >= 0.6 is 11.3 Å². The van der Waals surface area contributed by atoms with Crippen molar-refractivity contribution in [2.45, 2.75) is 31.6 Å². The number of sulfonamides is 1. The molecule has 0 radical (unpaired) electrons. The number of methoxy groups -OCH3 is 1. The van der Waals surface area contributed by atoms with Crippen LogP contribution in [-0.4, -0.2) is 88.5 Å². The smallest absolute Gasteiger partial charge is 0.267 e. The van der Waals surface area contributed by atoms with Crippen LogP contribution in [0.25, 0.3) is 21.8 Å². The van der Waals surface area contributed by atoms with Crippen LogP contribution in [0.2, 0.25) is 0 Å². The summed E-state index contributed by atoms with van der Waals surface area (Å²) in [6, 6.07) is 15.0. The molecule has 286 valence electrons. The summed E-state index contributed by atoms with van der Waals surface area (Å²) in [6.45, 7) is 9.55. The van der Waals surface area contributed by atoms with Crippen molar-refractivity contribution in [3.63, 3.8) is 0 Å². The highest BCUT2D eigenvalue weighted by atomic mass is 32.2. The van der Waals surface area contributed by atoms with E-state index in [1.54, 1.807) is 37.6 Å². The quantitative estimate of drug-likeness (QED) is 0.131. The first-order valence-electron chi connectivity index (χ1n) is 17.1. The fourth-order valence-electron chi connectivity index (χ4n) is 6.19. The number of thiazole rings is 1. The normalized spacial score (nSPS) is 14.0. The van der Waals surface area contributed by atoms with Crippen LogP contribution < -0.4 is 19.7 Å². The van der Waals surface area contributed by atoms with Gasteiger partial charge in [0.05, 0.1) is 39.8 Å². The molecule has 12 nitrogen and oxygen atoms in total. The second-order valence-corrected chi connectivity index (χ2v) is 18.2. The number of nitrogens with zero attached hydrogens (tertiary/aromatic N) is 5. The molecule has 54 heavy (non-hydrogen) atoms. The summed E-state index contributed by atoms with van der Waals surface area (Å²) in [6.07, 6.45) is 2.89. The van der Waals surface area contributed by atoms with E-state index >= 15 is 0 Å². The van der Waals surface area contributed by atoms with Crippen molar-refractivity contribution in [1.29, 1.82) is 0 Å². The topological polar surface area (TPSA) is 147 Å². The van der Waals surface area contributed by atoms with Gasteiger partial charge in [-0.25, -0.2) is 40.6 Å². The number of sulfone groups is 1. The zero-order valence-corrected chi connectivity index (χ0v) is 32.9. The number of hydrogen-bond acceptors (Lipinski definition) is 12. The Balaban J connectivity index is 1.25. The summed E-state index contributed by atoms with van der Waals surface area (Å²) in [5.74, 6) is -1.22. The van der Waals surface area contributed by atoms with Gasteiger partial charge in [0, 0.05) is 73.6 Å². The number of benzene rings is 3. The predicted octanol–water partition coefficient (Wildman–Crippen LogP) is 6.70. The van der Waals surface area contributed by atoms with Crippen molar-refractivity contribution < 1.29 is 30.4 Å². The zero-order valence-electron chi connectivity index (χ0n) is 30.4. The Morgan fingerprint density at radius 3 is 2.31 bits per heavy atom. The predicted molar refractivity (Wildman–Crippen MR) is 209 cm³/mol. The second kappa shape index (κ2) is 15.9. The van der Waals surface area contributed by atoms with Gasteiger partial charge in [-0.1, -0.05) is 32.0 Å². The summed E-state index contributed by atoms with van der Waals surface area (Å²) >= 11 is 1.45. The summed E-state index contributed by atoms with van der Waals surface area (Å²) < 4.78 is 86.3. The Labute approximate surface area is 318 Å². The molecule has 0 unspecified atom stereocenters. The molecule has 2 N–H and O–H groups in total. The molecule has 0 amide bonds. The molecule has 1 saturated heterocycles. The number of nitrogens with one attached hydrogen (secondary N) is 2. The van der Waals surface area contributed by atoms with Gasteiger partial charge >= 0.3 is 0 Å². The Morgan fingerprint density at radius 2 is 1.65 bits per heavy atom. The number of hydrogen-bond donors (Lipinski definition) is 2. The van der Waals surface area contributed by atoms with Crippen LogP contribution in [-0.2, 0) is 19.9 Å². The highest BCUT2D eigenvalue weighted by Crippen LogP contribution is 2.41. The number of rotatable bonds is 13. The van der Waals surface area contributed by atoms with Crippen molar-refractivity contribution in [1.82, 2.24) is 19.9 Å². The van der Waals surface area contributed by atoms with Gasteiger partial charge in [0.1, 0.15) is 27.2 Å². The SMILES string of the molecule is COc1c(Nc2nccc(-c3sc(C(C)C)nc3-c3cccc(NS(=O)(=O)c4c(F)cccc4F)c3)n2)ccc(N2CCN(CCS(C)(=O)=O)CC2)c1C. The summed E-state index contributed by atoms with van der Waals surface area (Å²) in [4.78, 5) is 18.3. The van der Waals surface area contributed by atoms with Gasteiger partial charge in [0.15, 0.2) is 4.90 Å². The lowest BCUT2D eigenvalue weighted by Crippen LogP contribution is -2.47. The first-order chi connectivity index (χ1) is 25.6. The minimum atomic E-state index is -4.59. The lowest BCUT2D eigenvalue weighted by molar-refractivity contribution is 0.272. The minimum Gasteiger partial charge on any atom is -0.494 e. The van der Waals surface area contributed by atoms with E-state index < -0.39 is 36.4 Å². The first kappa shape index (κ1) is 39.0. The zero-order chi connectivity index (χ0) is 38.8. The molecule has 1 aliphatic rings. The van der Waals surface area contributed by atoms with Crippen molar-refractivity contribution in [2.24, 2.45) is 0 Å². The van der Waals surface area contributed by atoms with Crippen molar-refractivity contribution in [3.8, 4) is 27.6 Å². The molecule has 17 heteroatoms. The van der Waals surface area contributed by atoms with E-state index in [0.717, 1.165) is 65.5 Å². The summed E-state index contributed by atoms with van der Waals surface area (Å²) in [5.41, 5.74) is 4.43. The van der Waals surface area contributed by atoms with Crippen molar-refractivity contribution in [2.75, 3.05) is 66.8 Å². The van der Waals surface area contributed by atoms with Gasteiger partial charge in [-0.15, -0.1) is 11.3 Å². The maximum Gasteiger partial charge on any atom is 0.267 e. The average molecular weight is 798 g/mol. The van der Waals surface area contributed by atoms with Crippen molar-refractivity contribution >= 4 is 54.2 Å². The molecule has 5 aromatic rings. The van der Waals surface area contributed by atoms with E-state index in [-0.39, 0.29) is 17.4 Å². The molecular formula is C37H41F2N7O5S3. The molecule has 6 rings (SSSR count). The highest BCUT2D eigenvalue weighted by molar-refractivity contribution is 7.92. The molecule has 1 fully saturated rings. The van der Waals surface area contributed by atoms with E-state index in [9.17, 15) is 25.6 Å². The third-order valence-corrected chi connectivity index (χ3v) is 12.7. The number of ether oxygens (including phenoxy) is 1. The van der Waals surface area contributed by atoms with Gasteiger partial charge in [0.2, 0.25) is 5.95 Å². The summed E-state index contributed by atoms with van der Waals surface area (Å²) in [7, 11) is -6.00. The first-order valence-corrected chi connectivity index (χ1v) is 21.5. The van der Waals surface area contributed by atoms with Crippen LogP contribution in [0.5, 0.6) is 5.75 Å². The number of piperazine rings is 1. The fourth-order valence-corrected chi connectivity index (χ4v) is 9.03. The molecule has 0 saturated carbocycles. The maximum absolute atomic E-state index is 14.4. The minimum absolute atomic E-state index is 0.0777. The van der Waals surface area contributed by atoms with Gasteiger partial charge < -0.3 is 15.0 Å². The Kier molecular flexibility index (Phi) is 11.5. The number of aromatic nitrogens is 3. The Morgan fingerprint density at radius 1 is 0.944 bits per heavy atom. The molecule has 3 heterocycles. The molecular weight excluding hydrogens is 757 g/mol. The van der Waals surface area contributed by atoms with E-state index in [1.807, 2.05) is 32.9 Å². The third-order valence-electron chi connectivity index (χ3n) is 8.92. The highest BCUT2D eigenvalue weighted by Gasteiger charge is 2.26. The van der Waals surface area contributed by atoms with E-state index in [2.05, 4.69) is 24.8 Å². The Hall–Kier alpha value is -4.71. The Bertz CT molecular complexity index is 2360. The van der Waals surface area contributed by atoms with E-state index in [1.165, 1.54) is 23.7 Å². The summed E-state index contributed by atoms with van der Waals surface area (Å²) in [5, 5.41) is 4.14. The van der Waals surface area contributed by atoms with Gasteiger partial charge in [-0.2, -0.15) is 0 Å². The molecule has 0 aliphatic carbocycles. The number of halogens is 2. The monoisotopic (exact) mass is 797 g/mol. The standard InChI is InChI=1S/C37H41F2N7O5S3/c1-23(2)36-43-32(25-8-6-9-26(22-25)44-54(49,50)35-27(38)10-7-11-28(35)39)34(52-36)30-14-15-40-37(42-30)41-29-12-13-31(24(3)33(29)51-4)46-18-16-45(17-19-46)20-21-53(5,47)48/h6-15,22-23,44H,16-21H2,1-5H3,(H,40,41,42). The largest absolute Gasteiger partial charge is 0.494 e. The second-order valence-electron chi connectivity index (χ2n) is 13.3.